The van der Waals surface area contributed by atoms with Gasteiger partial charge in [0.1, 0.15) is 5.75 Å². The highest BCUT2D eigenvalue weighted by atomic mass is 16.5. The van der Waals surface area contributed by atoms with Gasteiger partial charge in [-0.05, 0) is 19.4 Å². The van der Waals surface area contributed by atoms with Crippen molar-refractivity contribution < 1.29 is 4.74 Å². The highest BCUT2D eigenvalue weighted by Crippen LogP contribution is 2.19. The van der Waals surface area contributed by atoms with Gasteiger partial charge in [-0.25, -0.2) is 4.79 Å². The van der Waals surface area contributed by atoms with Crippen LogP contribution in [-0.4, -0.2) is 16.2 Å². The highest BCUT2D eigenvalue weighted by Gasteiger charge is 2.09. The van der Waals surface area contributed by atoms with Gasteiger partial charge < -0.3 is 9.30 Å². The minimum absolute atomic E-state index is 0.215. The lowest BCUT2D eigenvalue weighted by Gasteiger charge is -2.12. The van der Waals surface area contributed by atoms with E-state index in [1.54, 1.807) is 17.9 Å². The van der Waals surface area contributed by atoms with Gasteiger partial charge in [-0.2, -0.15) is 0 Å². The topological polar surface area (TPSA) is 53.2 Å². The molecule has 2 aromatic rings. The quantitative estimate of drug-likeness (QED) is 0.843. The van der Waals surface area contributed by atoms with E-state index in [0.29, 0.717) is 12.3 Å². The Hall–Kier alpha value is -2.30. The van der Waals surface area contributed by atoms with Crippen LogP contribution in [0, 0.1) is 6.92 Å². The second kappa shape index (κ2) is 6.43. The number of hydrogen-bond donors (Lipinski definition) is 0. The third-order valence-corrected chi connectivity index (χ3v) is 3.37. The zero-order valence-electron chi connectivity index (χ0n) is 12.6. The van der Waals surface area contributed by atoms with Gasteiger partial charge in [0.15, 0.2) is 0 Å². The van der Waals surface area contributed by atoms with E-state index < -0.39 is 0 Å². The fourth-order valence-electron chi connectivity index (χ4n) is 2.31. The fraction of sp³-hybridized carbons (Fsp3) is 0.375. The van der Waals surface area contributed by atoms with Crippen LogP contribution in [-0.2, 0) is 13.1 Å². The molecule has 0 saturated carbocycles. The van der Waals surface area contributed by atoms with Gasteiger partial charge in [-0.15, -0.1) is 0 Å². The van der Waals surface area contributed by atoms with Crippen molar-refractivity contribution >= 4 is 0 Å². The number of benzene rings is 1. The number of ether oxygens (including phenoxy) is 1. The lowest BCUT2D eigenvalue weighted by molar-refractivity contribution is 0.407. The Kier molecular flexibility index (Phi) is 4.62. The van der Waals surface area contributed by atoms with Gasteiger partial charge in [0.25, 0.3) is 5.56 Å². The maximum Gasteiger partial charge on any atom is 0.331 e. The molecule has 0 aliphatic carbocycles. The van der Waals surface area contributed by atoms with Gasteiger partial charge in [0, 0.05) is 24.4 Å². The maximum atomic E-state index is 12.4. The zero-order chi connectivity index (χ0) is 15.4. The second-order valence-electron chi connectivity index (χ2n) is 5.03. The molecule has 21 heavy (non-hydrogen) atoms. The summed E-state index contributed by atoms with van der Waals surface area (Å²) < 4.78 is 8.11. The number of rotatable bonds is 5. The molecule has 0 aliphatic heterocycles. The van der Waals surface area contributed by atoms with E-state index in [0.717, 1.165) is 17.5 Å². The monoisotopic (exact) mass is 288 g/mol. The van der Waals surface area contributed by atoms with E-state index in [1.807, 2.05) is 32.0 Å². The van der Waals surface area contributed by atoms with Gasteiger partial charge in [0.2, 0.25) is 0 Å². The molecule has 0 radical (unpaired) electrons. The molecule has 0 amide bonds. The first-order chi connectivity index (χ1) is 10.1. The Balaban J connectivity index is 2.49. The third kappa shape index (κ3) is 3.24. The number of hydrogen-bond acceptors (Lipinski definition) is 3. The van der Waals surface area contributed by atoms with Crippen molar-refractivity contribution in [1.82, 2.24) is 9.13 Å². The third-order valence-electron chi connectivity index (χ3n) is 3.37. The Bertz CT molecular complexity index is 744. The molecular formula is C16H20N2O3. The number of methoxy groups -OCH3 is 1. The molecule has 5 heteroatoms. The summed E-state index contributed by atoms with van der Waals surface area (Å²) in [5.41, 5.74) is 1.30. The van der Waals surface area contributed by atoms with Crippen LogP contribution >= 0.6 is 0 Å². The molecule has 0 spiro atoms. The Morgan fingerprint density at radius 3 is 2.62 bits per heavy atom. The summed E-state index contributed by atoms with van der Waals surface area (Å²) in [5, 5.41) is 0. The average molecular weight is 288 g/mol. The van der Waals surface area contributed by atoms with Crippen LogP contribution < -0.4 is 16.0 Å². The molecule has 2 rings (SSSR count). The van der Waals surface area contributed by atoms with Gasteiger partial charge in [-0.1, -0.05) is 24.6 Å². The molecule has 0 unspecified atom stereocenters. The van der Waals surface area contributed by atoms with Crippen molar-refractivity contribution in [1.29, 1.82) is 0 Å². The Morgan fingerprint density at radius 1 is 1.19 bits per heavy atom. The molecule has 0 fully saturated rings. The lowest BCUT2D eigenvalue weighted by Crippen LogP contribution is -2.39. The summed E-state index contributed by atoms with van der Waals surface area (Å²) in [6.07, 6.45) is 2.39. The number of aryl methyl sites for hydroxylation is 2. The van der Waals surface area contributed by atoms with Crippen LogP contribution in [0.5, 0.6) is 5.75 Å². The van der Waals surface area contributed by atoms with Gasteiger partial charge in [0.05, 0.1) is 13.7 Å². The second-order valence-corrected chi connectivity index (χ2v) is 5.03. The van der Waals surface area contributed by atoms with E-state index >= 15 is 0 Å². The molecule has 0 saturated heterocycles. The summed E-state index contributed by atoms with van der Waals surface area (Å²) in [6, 6.07) is 7.15. The largest absolute Gasteiger partial charge is 0.496 e. The van der Waals surface area contributed by atoms with E-state index in [9.17, 15) is 9.59 Å². The van der Waals surface area contributed by atoms with Crippen LogP contribution in [0.4, 0.5) is 0 Å². The van der Waals surface area contributed by atoms with E-state index in [1.165, 1.54) is 10.6 Å². The summed E-state index contributed by atoms with van der Waals surface area (Å²) in [5.74, 6) is 0.679. The van der Waals surface area contributed by atoms with Crippen molar-refractivity contribution in [3.8, 4) is 5.75 Å². The van der Waals surface area contributed by atoms with Crippen molar-refractivity contribution in [2.75, 3.05) is 7.11 Å². The van der Waals surface area contributed by atoms with Crippen molar-refractivity contribution in [2.45, 2.75) is 33.4 Å². The van der Waals surface area contributed by atoms with Crippen molar-refractivity contribution in [2.24, 2.45) is 0 Å². The highest BCUT2D eigenvalue weighted by molar-refractivity contribution is 5.37. The molecular weight excluding hydrogens is 268 g/mol. The normalized spacial score (nSPS) is 10.6. The van der Waals surface area contributed by atoms with Crippen molar-refractivity contribution in [3.05, 3.63) is 62.4 Å². The summed E-state index contributed by atoms with van der Waals surface area (Å²) in [7, 11) is 1.58. The fourth-order valence-corrected chi connectivity index (χ4v) is 2.31. The minimum atomic E-state index is -0.295. The first kappa shape index (κ1) is 15.1. The smallest absolute Gasteiger partial charge is 0.331 e. The SMILES string of the molecule is CCCn1ccc(=O)n(Cc2cc(C)ccc2OC)c1=O. The van der Waals surface area contributed by atoms with Gasteiger partial charge >= 0.3 is 5.69 Å². The minimum Gasteiger partial charge on any atom is -0.496 e. The van der Waals surface area contributed by atoms with E-state index in [4.69, 9.17) is 4.74 Å². The number of aromatic nitrogens is 2. The predicted molar refractivity (Wildman–Crippen MR) is 82.1 cm³/mol. The van der Waals surface area contributed by atoms with E-state index in [-0.39, 0.29) is 17.8 Å². The Morgan fingerprint density at radius 2 is 1.95 bits per heavy atom. The molecule has 5 nitrogen and oxygen atoms in total. The maximum absolute atomic E-state index is 12.4. The molecule has 0 N–H and O–H groups in total. The van der Waals surface area contributed by atoms with Crippen LogP contribution in [0.15, 0.2) is 40.1 Å². The van der Waals surface area contributed by atoms with Crippen LogP contribution in [0.2, 0.25) is 0 Å². The standard InChI is InChI=1S/C16H20N2O3/c1-4-8-17-9-7-15(19)18(16(17)20)11-13-10-12(2)5-6-14(13)21-3/h5-7,9-10H,4,8,11H2,1-3H3. The van der Waals surface area contributed by atoms with Gasteiger partial charge in [-0.3, -0.25) is 9.36 Å². The molecule has 0 bridgehead atoms. The molecule has 0 atom stereocenters. The molecule has 0 aliphatic rings. The van der Waals surface area contributed by atoms with Crippen LogP contribution in [0.25, 0.3) is 0 Å². The summed E-state index contributed by atoms with van der Waals surface area (Å²) >= 11 is 0. The molecule has 112 valence electrons. The Labute approximate surface area is 123 Å². The summed E-state index contributed by atoms with van der Waals surface area (Å²) in [4.78, 5) is 24.3. The molecule has 1 heterocycles. The first-order valence-electron chi connectivity index (χ1n) is 7.00. The molecule has 1 aromatic heterocycles. The van der Waals surface area contributed by atoms with Crippen molar-refractivity contribution in [3.63, 3.8) is 0 Å². The van der Waals surface area contributed by atoms with Crippen LogP contribution in [0.3, 0.4) is 0 Å². The number of nitrogens with zero attached hydrogens (tertiary/aromatic N) is 2. The van der Waals surface area contributed by atoms with Crippen LogP contribution in [0.1, 0.15) is 24.5 Å². The molecule has 1 aromatic carbocycles. The zero-order valence-corrected chi connectivity index (χ0v) is 12.6. The summed E-state index contributed by atoms with van der Waals surface area (Å²) in [6.45, 7) is 4.77. The first-order valence-corrected chi connectivity index (χ1v) is 7.00. The predicted octanol–water partition coefficient (Wildman–Crippen LogP) is 1.79. The van der Waals surface area contributed by atoms with E-state index in [2.05, 4.69) is 0 Å². The lowest BCUT2D eigenvalue weighted by atomic mass is 10.1. The average Bonchev–Trinajstić information content (AvgIpc) is 2.47.